The third-order valence-electron chi connectivity index (χ3n) is 2.79. The van der Waals surface area contributed by atoms with E-state index in [1.54, 1.807) is 41.7 Å². The molecule has 21 heavy (non-hydrogen) atoms. The highest BCUT2D eigenvalue weighted by molar-refractivity contribution is 7.10. The van der Waals surface area contributed by atoms with E-state index in [1.165, 1.54) is 6.07 Å². The van der Waals surface area contributed by atoms with Gasteiger partial charge in [-0.1, -0.05) is 42.4 Å². The van der Waals surface area contributed by atoms with Crippen molar-refractivity contribution < 1.29 is 19.8 Å². The second-order valence-electron chi connectivity index (χ2n) is 4.07. The van der Waals surface area contributed by atoms with Gasteiger partial charge >= 0.3 is 0 Å². The molecule has 3 heteroatoms. The summed E-state index contributed by atoms with van der Waals surface area (Å²) in [5.74, 6) is -0.00230. The first-order valence-electron chi connectivity index (χ1n) is 11.6. The molecular formula is C18H19NOS. The van der Waals surface area contributed by atoms with E-state index in [0.29, 0.717) is 22.1 Å². The summed E-state index contributed by atoms with van der Waals surface area (Å²) in [4.78, 5) is -0.526. The normalized spacial score (nSPS) is 23.5. The summed E-state index contributed by atoms with van der Waals surface area (Å²) in [5.41, 5.74) is 0. The van der Waals surface area contributed by atoms with Crippen LogP contribution >= 0.6 is 11.3 Å². The zero-order valence-corrected chi connectivity index (χ0v) is 11.7. The van der Waals surface area contributed by atoms with Crippen LogP contribution in [0.1, 0.15) is 32.4 Å². The van der Waals surface area contributed by atoms with Gasteiger partial charge in [0.1, 0.15) is 11.8 Å². The van der Waals surface area contributed by atoms with Gasteiger partial charge in [0.05, 0.1) is 5.48 Å². The van der Waals surface area contributed by atoms with E-state index in [0.717, 1.165) is 0 Å². The minimum absolute atomic E-state index is 0.00230. The van der Waals surface area contributed by atoms with Crippen LogP contribution < -0.4 is 10.1 Å². The lowest BCUT2D eigenvalue weighted by Crippen LogP contribution is -2.15. The fourth-order valence-corrected chi connectivity index (χ4v) is 2.39. The highest BCUT2D eigenvalue weighted by Crippen LogP contribution is 2.32. The first-order valence-corrected chi connectivity index (χ1v) is 6.95. The van der Waals surface area contributed by atoms with E-state index < -0.39 is 48.2 Å². The lowest BCUT2D eigenvalue weighted by molar-refractivity contribution is 0.201. The maximum Gasteiger partial charge on any atom is 0.134 e. The molecule has 3 rings (SSSR count). The van der Waals surface area contributed by atoms with Crippen molar-refractivity contribution in [2.75, 3.05) is 13.5 Å². The average molecular weight is 308 g/mol. The maximum atomic E-state index is 8.95. The molecule has 0 fully saturated rings. The Balaban J connectivity index is 2.25. The second-order valence-corrected chi connectivity index (χ2v) is 4.88. The summed E-state index contributed by atoms with van der Waals surface area (Å²) in [7, 11) is 0. The topological polar surface area (TPSA) is 21.3 Å². The second kappa shape index (κ2) is 6.74. The molecule has 1 atom stereocenters. The molecule has 0 saturated carbocycles. The Kier molecular flexibility index (Phi) is 1.96. The SMILES string of the molecule is [2H]c1sc([C@@]([2H])(Oc2cccc3ccccc23)C([2H])([2H])C([2H])([2H])NC([2H])([2H])[2H])c([2H])c1[2H]. The number of hydrogen-bond donors (Lipinski definition) is 1. The number of ether oxygens (including phenoxy) is 1. The quantitative estimate of drug-likeness (QED) is 0.717. The van der Waals surface area contributed by atoms with Crippen molar-refractivity contribution in [1.82, 2.24) is 5.32 Å². The molecule has 1 heterocycles. The van der Waals surface area contributed by atoms with Crippen LogP contribution in [0.5, 0.6) is 5.75 Å². The molecule has 0 spiro atoms. The molecule has 0 saturated heterocycles. The van der Waals surface area contributed by atoms with Gasteiger partial charge in [0.15, 0.2) is 0 Å². The Bertz CT molecular complexity index is 1140. The highest BCUT2D eigenvalue weighted by Gasteiger charge is 2.15. The van der Waals surface area contributed by atoms with Crippen molar-refractivity contribution >= 4 is 22.1 Å². The minimum Gasteiger partial charge on any atom is -0.484 e. The molecule has 1 aromatic heterocycles. The van der Waals surface area contributed by atoms with E-state index in [-0.39, 0.29) is 5.75 Å². The summed E-state index contributed by atoms with van der Waals surface area (Å²) < 4.78 is 93.7. The van der Waals surface area contributed by atoms with Crippen LogP contribution in [-0.4, -0.2) is 13.5 Å². The molecule has 108 valence electrons. The summed E-state index contributed by atoms with van der Waals surface area (Å²) in [6.07, 6.45) is -6.42. The maximum absolute atomic E-state index is 8.95. The zero-order valence-electron chi connectivity index (χ0n) is 21.9. The molecule has 2 nitrogen and oxygen atoms in total. The van der Waals surface area contributed by atoms with Crippen LogP contribution in [0.15, 0.2) is 59.9 Å². The summed E-state index contributed by atoms with van der Waals surface area (Å²) in [5, 5.41) is 2.33. The van der Waals surface area contributed by atoms with Gasteiger partial charge in [-0.3, -0.25) is 0 Å². The molecular weight excluding hydrogens is 278 g/mol. The van der Waals surface area contributed by atoms with Crippen molar-refractivity contribution in [3.63, 3.8) is 0 Å². The van der Waals surface area contributed by atoms with Crippen molar-refractivity contribution in [3.05, 3.63) is 64.8 Å². The molecule has 2 aromatic carbocycles. The van der Waals surface area contributed by atoms with Crippen LogP contribution in [0.25, 0.3) is 10.8 Å². The summed E-state index contributed by atoms with van der Waals surface area (Å²) in [6.45, 7) is -6.41. The summed E-state index contributed by atoms with van der Waals surface area (Å²) in [6, 6.07) is 10.4. The monoisotopic (exact) mass is 308 g/mol. The van der Waals surface area contributed by atoms with E-state index in [9.17, 15) is 0 Å². The third-order valence-corrected chi connectivity index (χ3v) is 3.48. The van der Waals surface area contributed by atoms with Crippen LogP contribution in [0, 0.1) is 0 Å². The largest absolute Gasteiger partial charge is 0.484 e. The standard InChI is InChI=1S/C18H19NOS/c1-19-12-11-17(18-10-5-13-21-18)20-16-9-4-7-14-6-2-3-8-15(14)16/h2-10,13,17,19H,11-12H2,1H3/t17-/m0/s1/i1D3,5D,10D,11D2,12D2,13D,17D. The Hall–Kier alpha value is -1.84. The van der Waals surface area contributed by atoms with Crippen LogP contribution in [-0.2, 0) is 0 Å². The summed E-state index contributed by atoms with van der Waals surface area (Å²) >= 11 is 0.438. The first-order chi connectivity index (χ1) is 14.6. The van der Waals surface area contributed by atoms with Gasteiger partial charge in [0.25, 0.3) is 0 Å². The molecule has 0 aliphatic heterocycles. The molecule has 0 aliphatic carbocycles. The van der Waals surface area contributed by atoms with Crippen LogP contribution in [0.2, 0.25) is 0 Å². The van der Waals surface area contributed by atoms with Crippen molar-refractivity contribution in [3.8, 4) is 5.75 Å². The lowest BCUT2D eigenvalue weighted by Gasteiger charge is -2.19. The number of fused-ring (bicyclic) bond motifs is 1. The predicted molar refractivity (Wildman–Crippen MR) is 90.2 cm³/mol. The van der Waals surface area contributed by atoms with E-state index in [2.05, 4.69) is 0 Å². The molecule has 0 aliphatic rings. The van der Waals surface area contributed by atoms with Gasteiger partial charge in [-0.05, 0) is 36.3 Å². The smallest absolute Gasteiger partial charge is 0.134 e. The fraction of sp³-hybridized carbons (Fsp3) is 0.222. The van der Waals surface area contributed by atoms with E-state index >= 15 is 0 Å². The molecule has 0 unspecified atom stereocenters. The third kappa shape index (κ3) is 3.26. The van der Waals surface area contributed by atoms with Gasteiger partial charge < -0.3 is 10.1 Å². The fourth-order valence-electron chi connectivity index (χ4n) is 1.90. The Morgan fingerprint density at radius 1 is 1.38 bits per heavy atom. The van der Waals surface area contributed by atoms with Gasteiger partial charge in [-0.15, -0.1) is 11.3 Å². The number of thiophene rings is 1. The van der Waals surface area contributed by atoms with E-state index in [1.807, 2.05) is 0 Å². The Labute approximate surface area is 144 Å². The Morgan fingerprint density at radius 2 is 2.29 bits per heavy atom. The predicted octanol–water partition coefficient (Wildman–Crippen LogP) is 4.63. The van der Waals surface area contributed by atoms with Gasteiger partial charge in [-0.25, -0.2) is 0 Å². The Morgan fingerprint density at radius 3 is 3.14 bits per heavy atom. The number of hydrogen-bond acceptors (Lipinski definition) is 3. The average Bonchev–Trinajstić information content (AvgIpc) is 2.94. The molecule has 0 radical (unpaired) electrons. The molecule has 3 aromatic rings. The first kappa shape index (κ1) is 6.11. The van der Waals surface area contributed by atoms with Crippen molar-refractivity contribution in [2.45, 2.75) is 12.5 Å². The molecule has 1 N–H and O–H groups in total. The zero-order chi connectivity index (χ0) is 24.1. The highest BCUT2D eigenvalue weighted by atomic mass is 32.1. The van der Waals surface area contributed by atoms with Gasteiger partial charge in [-0.2, -0.15) is 0 Å². The molecule has 0 bridgehead atoms. The molecule has 0 amide bonds. The van der Waals surface area contributed by atoms with Gasteiger partial charge in [0.2, 0.25) is 0 Å². The van der Waals surface area contributed by atoms with E-state index in [4.69, 9.17) is 19.8 Å². The number of benzene rings is 2. The lowest BCUT2D eigenvalue weighted by atomic mass is 10.1. The number of rotatable bonds is 6. The van der Waals surface area contributed by atoms with Crippen molar-refractivity contribution in [1.29, 1.82) is 0 Å². The number of nitrogens with one attached hydrogen (secondary N) is 1. The minimum atomic E-state index is -3.40. The van der Waals surface area contributed by atoms with Crippen molar-refractivity contribution in [2.24, 2.45) is 0 Å². The van der Waals surface area contributed by atoms with Gasteiger partial charge in [0, 0.05) is 26.2 Å². The van der Waals surface area contributed by atoms with Crippen LogP contribution in [0.3, 0.4) is 0 Å². The van der Waals surface area contributed by atoms with Crippen LogP contribution in [0.4, 0.5) is 0 Å².